The van der Waals surface area contributed by atoms with E-state index >= 15 is 0 Å². The predicted octanol–water partition coefficient (Wildman–Crippen LogP) is 3.61. The Labute approximate surface area is 129 Å². The van der Waals surface area contributed by atoms with Crippen molar-refractivity contribution in [3.63, 3.8) is 0 Å². The molecule has 0 heterocycles. The van der Waals surface area contributed by atoms with E-state index in [1.54, 1.807) is 0 Å². The lowest BCUT2D eigenvalue weighted by molar-refractivity contribution is -0.116. The van der Waals surface area contributed by atoms with Crippen molar-refractivity contribution >= 4 is 27.5 Å². The van der Waals surface area contributed by atoms with Gasteiger partial charge in [-0.1, -0.05) is 22.9 Å². The number of amides is 1. The topological polar surface area (TPSA) is 47.6 Å². The summed E-state index contributed by atoms with van der Waals surface area (Å²) in [5.74, 6) is 0.814. The van der Waals surface area contributed by atoms with Crippen LogP contribution in [0.15, 0.2) is 24.3 Å². The number of ether oxygens (including phenoxy) is 2. The van der Waals surface area contributed by atoms with Crippen LogP contribution < -0.4 is 10.1 Å². The summed E-state index contributed by atoms with van der Waals surface area (Å²) in [6.45, 7) is 4.10. The van der Waals surface area contributed by atoms with E-state index in [1.165, 1.54) is 0 Å². The highest BCUT2D eigenvalue weighted by Gasteiger charge is 2.02. The zero-order valence-corrected chi connectivity index (χ0v) is 13.4. The molecule has 112 valence electrons. The van der Waals surface area contributed by atoms with Gasteiger partial charge >= 0.3 is 0 Å². The maximum Gasteiger partial charge on any atom is 0.224 e. The van der Waals surface area contributed by atoms with Gasteiger partial charge in [0.1, 0.15) is 5.75 Å². The summed E-state index contributed by atoms with van der Waals surface area (Å²) in [5, 5.41) is 3.65. The lowest BCUT2D eigenvalue weighted by atomic mass is 10.2. The Morgan fingerprint density at radius 2 is 1.95 bits per heavy atom. The van der Waals surface area contributed by atoms with E-state index in [0.29, 0.717) is 19.6 Å². The molecule has 1 aromatic rings. The maximum atomic E-state index is 11.7. The van der Waals surface area contributed by atoms with E-state index in [1.807, 2.05) is 24.3 Å². The van der Waals surface area contributed by atoms with Crippen LogP contribution in [-0.2, 0) is 9.53 Å². The summed E-state index contributed by atoms with van der Waals surface area (Å²) in [6, 6.07) is 7.38. The largest absolute Gasteiger partial charge is 0.493 e. The quantitative estimate of drug-likeness (QED) is 0.521. The molecule has 0 radical (unpaired) electrons. The van der Waals surface area contributed by atoms with E-state index in [-0.39, 0.29) is 5.91 Å². The van der Waals surface area contributed by atoms with Crippen molar-refractivity contribution in [3.05, 3.63) is 24.3 Å². The molecule has 20 heavy (non-hydrogen) atoms. The van der Waals surface area contributed by atoms with Gasteiger partial charge in [-0.2, -0.15) is 0 Å². The van der Waals surface area contributed by atoms with Gasteiger partial charge in [0.25, 0.3) is 0 Å². The van der Waals surface area contributed by atoms with Crippen LogP contribution in [0.3, 0.4) is 0 Å². The number of alkyl halides is 1. The first-order chi connectivity index (χ1) is 9.76. The van der Waals surface area contributed by atoms with Gasteiger partial charge in [-0.05, 0) is 37.1 Å². The lowest BCUT2D eigenvalue weighted by Gasteiger charge is -2.07. The molecule has 5 heteroatoms. The van der Waals surface area contributed by atoms with Gasteiger partial charge in [-0.25, -0.2) is 0 Å². The fraction of sp³-hybridized carbons (Fsp3) is 0.533. The summed E-state index contributed by atoms with van der Waals surface area (Å²) in [7, 11) is 0. The summed E-state index contributed by atoms with van der Waals surface area (Å²) in [4.78, 5) is 11.7. The second-order valence-corrected chi connectivity index (χ2v) is 5.12. The third kappa shape index (κ3) is 7.50. The first kappa shape index (κ1) is 17.0. The number of carbonyl (C=O) groups is 1. The van der Waals surface area contributed by atoms with Gasteiger partial charge in [0.05, 0.1) is 6.61 Å². The average Bonchev–Trinajstić information content (AvgIpc) is 2.46. The predicted molar refractivity (Wildman–Crippen MR) is 84.7 cm³/mol. The van der Waals surface area contributed by atoms with Crippen molar-refractivity contribution in [1.29, 1.82) is 0 Å². The van der Waals surface area contributed by atoms with E-state index < -0.39 is 0 Å². The van der Waals surface area contributed by atoms with E-state index in [9.17, 15) is 4.79 Å². The van der Waals surface area contributed by atoms with Gasteiger partial charge < -0.3 is 14.8 Å². The summed E-state index contributed by atoms with van der Waals surface area (Å²) in [5.41, 5.74) is 0.788. The second-order valence-electron chi connectivity index (χ2n) is 4.33. The molecule has 0 fully saturated rings. The number of carbonyl (C=O) groups excluding carboxylic acids is 1. The van der Waals surface area contributed by atoms with Gasteiger partial charge in [0.15, 0.2) is 0 Å². The second kappa shape index (κ2) is 10.7. The maximum absolute atomic E-state index is 11.7. The monoisotopic (exact) mass is 343 g/mol. The number of halogens is 1. The fourth-order valence-electron chi connectivity index (χ4n) is 1.60. The van der Waals surface area contributed by atoms with Gasteiger partial charge in [0.2, 0.25) is 5.91 Å². The molecule has 1 amide bonds. The van der Waals surface area contributed by atoms with Crippen molar-refractivity contribution in [2.75, 3.05) is 30.5 Å². The van der Waals surface area contributed by atoms with Crippen molar-refractivity contribution in [1.82, 2.24) is 0 Å². The third-order valence-electron chi connectivity index (χ3n) is 2.52. The molecule has 1 N–H and O–H groups in total. The average molecular weight is 344 g/mol. The van der Waals surface area contributed by atoms with Gasteiger partial charge in [-0.3, -0.25) is 4.79 Å². The minimum absolute atomic E-state index is 0.0132. The Kier molecular flexibility index (Phi) is 9.07. The van der Waals surface area contributed by atoms with Crippen LogP contribution in [0.1, 0.15) is 26.2 Å². The van der Waals surface area contributed by atoms with Crippen LogP contribution in [0.5, 0.6) is 5.75 Å². The Hall–Kier alpha value is -1.07. The molecule has 0 aliphatic carbocycles. The smallest absolute Gasteiger partial charge is 0.224 e. The number of nitrogens with one attached hydrogen (secondary N) is 1. The van der Waals surface area contributed by atoms with Crippen LogP contribution in [0, 0.1) is 0 Å². The van der Waals surface area contributed by atoms with Gasteiger partial charge in [0, 0.05) is 30.7 Å². The fourth-order valence-corrected chi connectivity index (χ4v) is 1.76. The molecule has 1 rings (SSSR count). The van der Waals surface area contributed by atoms with E-state index in [0.717, 1.165) is 36.2 Å². The molecular weight excluding hydrogens is 322 g/mol. The zero-order valence-electron chi connectivity index (χ0n) is 11.9. The zero-order chi connectivity index (χ0) is 14.6. The highest BCUT2D eigenvalue weighted by Crippen LogP contribution is 2.16. The number of hydrogen-bond acceptors (Lipinski definition) is 3. The lowest BCUT2D eigenvalue weighted by Crippen LogP contribution is -2.12. The molecule has 0 aromatic heterocycles. The molecule has 4 nitrogen and oxygen atoms in total. The molecule has 0 bridgehead atoms. The Bertz CT molecular complexity index is 381. The third-order valence-corrected chi connectivity index (χ3v) is 2.85. The summed E-state index contributed by atoms with van der Waals surface area (Å²) < 4.78 is 10.8. The number of benzene rings is 1. The van der Waals surface area contributed by atoms with Crippen LogP contribution in [0.2, 0.25) is 0 Å². The van der Waals surface area contributed by atoms with Gasteiger partial charge in [-0.15, -0.1) is 0 Å². The summed E-state index contributed by atoms with van der Waals surface area (Å²) >= 11 is 3.30. The molecule has 0 aliphatic rings. The highest BCUT2D eigenvalue weighted by molar-refractivity contribution is 9.09. The SMILES string of the molecule is CCCOCCCC(=O)Nc1ccc(OCCBr)cc1. The molecule has 0 spiro atoms. The van der Waals surface area contributed by atoms with Crippen molar-refractivity contribution in [2.45, 2.75) is 26.2 Å². The molecule has 0 saturated heterocycles. The van der Waals surface area contributed by atoms with E-state index in [2.05, 4.69) is 28.2 Å². The molecule has 0 aliphatic heterocycles. The molecule has 0 unspecified atom stereocenters. The first-order valence-corrected chi connectivity index (χ1v) is 8.05. The Morgan fingerprint density at radius 1 is 1.20 bits per heavy atom. The van der Waals surface area contributed by atoms with Crippen molar-refractivity contribution < 1.29 is 14.3 Å². The van der Waals surface area contributed by atoms with Crippen LogP contribution in [0.4, 0.5) is 5.69 Å². The minimum Gasteiger partial charge on any atom is -0.493 e. The van der Waals surface area contributed by atoms with Crippen molar-refractivity contribution in [2.24, 2.45) is 0 Å². The van der Waals surface area contributed by atoms with Crippen LogP contribution >= 0.6 is 15.9 Å². The molecule has 0 atom stereocenters. The minimum atomic E-state index is 0.0132. The molecular formula is C15H22BrNO3. The normalized spacial score (nSPS) is 10.3. The standard InChI is InChI=1S/C15H22BrNO3/c1-2-10-19-11-3-4-15(18)17-13-5-7-14(8-6-13)20-12-9-16/h5-8H,2-4,9-12H2,1H3,(H,17,18). The number of hydrogen-bond donors (Lipinski definition) is 1. The Balaban J connectivity index is 2.24. The van der Waals surface area contributed by atoms with Crippen LogP contribution in [-0.4, -0.2) is 31.1 Å². The molecule has 1 aromatic carbocycles. The molecule has 0 saturated carbocycles. The first-order valence-electron chi connectivity index (χ1n) is 6.92. The highest BCUT2D eigenvalue weighted by atomic mass is 79.9. The van der Waals surface area contributed by atoms with Crippen molar-refractivity contribution in [3.8, 4) is 5.75 Å². The van der Waals surface area contributed by atoms with Crippen LogP contribution in [0.25, 0.3) is 0 Å². The summed E-state index contributed by atoms with van der Waals surface area (Å²) in [6.07, 6.45) is 2.24. The Morgan fingerprint density at radius 3 is 2.60 bits per heavy atom. The number of rotatable bonds is 10. The van der Waals surface area contributed by atoms with E-state index in [4.69, 9.17) is 9.47 Å². The number of anilines is 1.